The van der Waals surface area contributed by atoms with Crippen LogP contribution in [-0.4, -0.2) is 55.6 Å². The number of nitrogens with one attached hydrogen (secondary N) is 2. The fraction of sp³-hybridized carbons (Fsp3) is 0.750. The second-order valence-corrected chi connectivity index (χ2v) is 6.78. The van der Waals surface area contributed by atoms with Crippen LogP contribution in [0, 0.1) is 6.92 Å². The van der Waals surface area contributed by atoms with Crippen LogP contribution in [0.3, 0.4) is 0 Å². The number of likely N-dealkylation sites (N-methyl/N-ethyl adjacent to an activating group) is 1. The van der Waals surface area contributed by atoms with Crippen molar-refractivity contribution in [1.29, 1.82) is 0 Å². The highest BCUT2D eigenvalue weighted by Gasteiger charge is 2.01. The van der Waals surface area contributed by atoms with Gasteiger partial charge in [-0.2, -0.15) is 0 Å². The van der Waals surface area contributed by atoms with Gasteiger partial charge in [-0.1, -0.05) is 13.3 Å². The van der Waals surface area contributed by atoms with Crippen LogP contribution in [-0.2, 0) is 6.42 Å². The Kier molecular flexibility index (Phi) is 9.82. The maximum Gasteiger partial charge on any atom is 0.191 e. The molecule has 1 heterocycles. The molecule has 0 radical (unpaired) electrons. The standard InChI is InChI=1S/C16H31N5S/c1-5-7-11-21(4)12-10-19-16(17-6-2)18-9-8-15-20-13-14(3)22-15/h13H,5-12H2,1-4H3,(H2,17,18,19). The van der Waals surface area contributed by atoms with Crippen LogP contribution in [0.1, 0.15) is 36.6 Å². The van der Waals surface area contributed by atoms with E-state index >= 15 is 0 Å². The van der Waals surface area contributed by atoms with Crippen LogP contribution >= 0.6 is 11.3 Å². The fourth-order valence-electron chi connectivity index (χ4n) is 2.02. The van der Waals surface area contributed by atoms with Crippen LogP contribution in [0.5, 0.6) is 0 Å². The lowest BCUT2D eigenvalue weighted by atomic mass is 10.3. The Hall–Kier alpha value is -1.14. The van der Waals surface area contributed by atoms with E-state index < -0.39 is 0 Å². The Morgan fingerprint density at radius 3 is 2.77 bits per heavy atom. The molecule has 5 nitrogen and oxygen atoms in total. The first-order valence-electron chi connectivity index (χ1n) is 8.27. The summed E-state index contributed by atoms with van der Waals surface area (Å²) < 4.78 is 0. The van der Waals surface area contributed by atoms with Gasteiger partial charge in [0.1, 0.15) is 0 Å². The average molecular weight is 326 g/mol. The van der Waals surface area contributed by atoms with Crippen molar-refractivity contribution in [1.82, 2.24) is 20.5 Å². The van der Waals surface area contributed by atoms with Crippen molar-refractivity contribution in [3.8, 4) is 0 Å². The number of aromatic nitrogens is 1. The van der Waals surface area contributed by atoms with E-state index in [4.69, 9.17) is 0 Å². The molecule has 6 heteroatoms. The molecule has 0 spiro atoms. The number of guanidine groups is 1. The van der Waals surface area contributed by atoms with Gasteiger partial charge in [-0.3, -0.25) is 4.99 Å². The summed E-state index contributed by atoms with van der Waals surface area (Å²) in [7, 11) is 2.16. The second-order valence-electron chi connectivity index (χ2n) is 5.46. The number of unbranched alkanes of at least 4 members (excludes halogenated alkanes) is 1. The Morgan fingerprint density at radius 2 is 2.14 bits per heavy atom. The fourth-order valence-corrected chi connectivity index (χ4v) is 2.81. The Labute approximate surface area is 139 Å². The summed E-state index contributed by atoms with van der Waals surface area (Å²) in [4.78, 5) is 12.6. The van der Waals surface area contributed by atoms with E-state index in [1.54, 1.807) is 11.3 Å². The van der Waals surface area contributed by atoms with E-state index in [9.17, 15) is 0 Å². The maximum absolute atomic E-state index is 4.63. The molecular formula is C16H31N5S. The molecule has 0 amide bonds. The molecule has 1 rings (SSSR count). The molecule has 0 unspecified atom stereocenters. The number of aryl methyl sites for hydroxylation is 1. The zero-order chi connectivity index (χ0) is 16.2. The van der Waals surface area contributed by atoms with Gasteiger partial charge >= 0.3 is 0 Å². The summed E-state index contributed by atoms with van der Waals surface area (Å²) >= 11 is 1.76. The van der Waals surface area contributed by atoms with Crippen LogP contribution < -0.4 is 10.6 Å². The molecule has 0 saturated heterocycles. The van der Waals surface area contributed by atoms with Crippen molar-refractivity contribution in [2.24, 2.45) is 4.99 Å². The topological polar surface area (TPSA) is 52.5 Å². The summed E-state index contributed by atoms with van der Waals surface area (Å²) in [6.07, 6.45) is 5.38. The number of aliphatic imine (C=N–C) groups is 1. The van der Waals surface area contributed by atoms with Crippen LogP contribution in [0.25, 0.3) is 0 Å². The number of hydrogen-bond acceptors (Lipinski definition) is 4. The second kappa shape index (κ2) is 11.4. The van der Waals surface area contributed by atoms with Crippen molar-refractivity contribution in [2.75, 3.05) is 39.8 Å². The predicted molar refractivity (Wildman–Crippen MR) is 96.9 cm³/mol. The molecular weight excluding hydrogens is 294 g/mol. The van der Waals surface area contributed by atoms with Gasteiger partial charge in [0.15, 0.2) is 5.96 Å². The van der Waals surface area contributed by atoms with E-state index in [1.165, 1.54) is 22.7 Å². The molecule has 1 aromatic heterocycles. The minimum Gasteiger partial charge on any atom is -0.357 e. The first-order valence-corrected chi connectivity index (χ1v) is 9.09. The lowest BCUT2D eigenvalue weighted by Crippen LogP contribution is -2.39. The highest BCUT2D eigenvalue weighted by atomic mass is 32.1. The summed E-state index contributed by atoms with van der Waals surface area (Å²) in [6, 6.07) is 0. The highest BCUT2D eigenvalue weighted by Crippen LogP contribution is 2.10. The molecule has 0 aliphatic rings. The smallest absolute Gasteiger partial charge is 0.191 e. The minimum absolute atomic E-state index is 0.825. The normalized spacial score (nSPS) is 12.0. The van der Waals surface area contributed by atoms with Gasteiger partial charge in [0.2, 0.25) is 0 Å². The lowest BCUT2D eigenvalue weighted by molar-refractivity contribution is 0.337. The zero-order valence-corrected chi connectivity index (χ0v) is 15.3. The largest absolute Gasteiger partial charge is 0.357 e. The van der Waals surface area contributed by atoms with E-state index in [0.717, 1.165) is 45.1 Å². The molecule has 0 saturated carbocycles. The van der Waals surface area contributed by atoms with Crippen molar-refractivity contribution < 1.29 is 0 Å². The summed E-state index contributed by atoms with van der Waals surface area (Å²) in [5.74, 6) is 0.902. The van der Waals surface area contributed by atoms with Gasteiger partial charge in [-0.05, 0) is 33.9 Å². The van der Waals surface area contributed by atoms with Crippen molar-refractivity contribution in [3.05, 3.63) is 16.1 Å². The third-order valence-electron chi connectivity index (χ3n) is 3.29. The van der Waals surface area contributed by atoms with E-state index in [2.05, 4.69) is 53.3 Å². The monoisotopic (exact) mass is 325 g/mol. The number of hydrogen-bond donors (Lipinski definition) is 2. The van der Waals surface area contributed by atoms with Crippen LogP contribution in [0.4, 0.5) is 0 Å². The van der Waals surface area contributed by atoms with Crippen LogP contribution in [0.15, 0.2) is 11.2 Å². The van der Waals surface area contributed by atoms with E-state index in [1.807, 2.05) is 6.20 Å². The number of thiazole rings is 1. The van der Waals surface area contributed by atoms with Crippen molar-refractivity contribution >= 4 is 17.3 Å². The predicted octanol–water partition coefficient (Wildman–Crippen LogP) is 2.28. The molecule has 0 aliphatic carbocycles. The zero-order valence-electron chi connectivity index (χ0n) is 14.5. The van der Waals surface area contributed by atoms with E-state index in [0.29, 0.717) is 0 Å². The third-order valence-corrected chi connectivity index (χ3v) is 4.26. The molecule has 1 aromatic rings. The first-order chi connectivity index (χ1) is 10.7. The lowest BCUT2D eigenvalue weighted by Gasteiger charge is -2.15. The van der Waals surface area contributed by atoms with E-state index in [-0.39, 0.29) is 0 Å². The number of nitrogens with zero attached hydrogens (tertiary/aromatic N) is 3. The SMILES string of the molecule is CCCCN(C)CCN=C(NCC)NCCc1ncc(C)s1. The van der Waals surface area contributed by atoms with Gasteiger partial charge in [0, 0.05) is 37.1 Å². The van der Waals surface area contributed by atoms with Gasteiger partial charge in [0.05, 0.1) is 11.6 Å². The van der Waals surface area contributed by atoms with Gasteiger partial charge in [-0.15, -0.1) is 11.3 Å². The Bertz CT molecular complexity index is 430. The highest BCUT2D eigenvalue weighted by molar-refractivity contribution is 7.11. The molecule has 2 N–H and O–H groups in total. The quantitative estimate of drug-likeness (QED) is 0.512. The molecule has 0 aliphatic heterocycles. The van der Waals surface area contributed by atoms with Gasteiger partial charge in [0.25, 0.3) is 0 Å². The minimum atomic E-state index is 0.825. The molecule has 0 atom stereocenters. The number of rotatable bonds is 10. The third kappa shape index (κ3) is 8.34. The molecule has 0 bridgehead atoms. The summed E-state index contributed by atoms with van der Waals surface area (Å²) in [5, 5.41) is 7.86. The van der Waals surface area contributed by atoms with Crippen LogP contribution in [0.2, 0.25) is 0 Å². The van der Waals surface area contributed by atoms with Gasteiger partial charge < -0.3 is 15.5 Å². The Morgan fingerprint density at radius 1 is 1.32 bits per heavy atom. The summed E-state index contributed by atoms with van der Waals surface area (Å²) in [5.41, 5.74) is 0. The van der Waals surface area contributed by atoms with Gasteiger partial charge in [-0.25, -0.2) is 4.98 Å². The molecule has 0 aromatic carbocycles. The molecule has 22 heavy (non-hydrogen) atoms. The van der Waals surface area contributed by atoms with Crippen molar-refractivity contribution in [3.63, 3.8) is 0 Å². The summed E-state index contributed by atoms with van der Waals surface area (Å²) in [6.45, 7) is 11.1. The average Bonchev–Trinajstić information content (AvgIpc) is 2.90. The first kappa shape index (κ1) is 18.9. The Balaban J connectivity index is 2.29. The molecule has 0 fully saturated rings. The maximum atomic E-state index is 4.63. The molecule has 126 valence electrons. The van der Waals surface area contributed by atoms with Crippen molar-refractivity contribution in [2.45, 2.75) is 40.0 Å².